The van der Waals surface area contributed by atoms with Crippen molar-refractivity contribution in [1.82, 2.24) is 4.98 Å². The van der Waals surface area contributed by atoms with Gasteiger partial charge in [-0.15, -0.1) is 11.1 Å². The molecule has 0 N–H and O–H groups in total. The van der Waals surface area contributed by atoms with E-state index in [1.165, 1.54) is 6.39 Å². The molecule has 1 atom stereocenters. The lowest BCUT2D eigenvalue weighted by molar-refractivity contribution is 0.315. The number of rotatable bonds is 7. The van der Waals surface area contributed by atoms with Gasteiger partial charge in [-0.2, -0.15) is 0 Å². The van der Waals surface area contributed by atoms with Gasteiger partial charge in [0.15, 0.2) is 6.39 Å². The standard InChI is InChI=1S/C10H18ClNO2Si/c1-3-6-14-15(2,11)7-4-5-10-8-13-9-12-10/h8-9H,3-7H2,1-2H3. The molecule has 0 saturated heterocycles. The van der Waals surface area contributed by atoms with Crippen LogP contribution in [0.3, 0.4) is 0 Å². The van der Waals surface area contributed by atoms with Crippen LogP contribution in [0.2, 0.25) is 12.6 Å². The highest BCUT2D eigenvalue weighted by Gasteiger charge is 2.25. The number of hydrogen-bond acceptors (Lipinski definition) is 3. The van der Waals surface area contributed by atoms with Crippen LogP contribution in [0.25, 0.3) is 0 Å². The summed E-state index contributed by atoms with van der Waals surface area (Å²) in [7, 11) is -1.94. The molecule has 0 saturated carbocycles. The third-order valence-electron chi connectivity index (χ3n) is 2.15. The average Bonchev–Trinajstić information content (AvgIpc) is 2.67. The lowest BCUT2D eigenvalue weighted by atomic mass is 10.3. The van der Waals surface area contributed by atoms with Crippen LogP contribution in [-0.4, -0.2) is 19.2 Å². The zero-order valence-corrected chi connectivity index (χ0v) is 11.1. The van der Waals surface area contributed by atoms with Gasteiger partial charge in [0, 0.05) is 6.61 Å². The fourth-order valence-electron chi connectivity index (χ4n) is 1.33. The van der Waals surface area contributed by atoms with Crippen molar-refractivity contribution in [3.05, 3.63) is 18.4 Å². The van der Waals surface area contributed by atoms with Crippen molar-refractivity contribution >= 4 is 18.7 Å². The van der Waals surface area contributed by atoms with E-state index < -0.39 is 7.63 Å². The largest absolute Gasteiger partial charge is 0.451 e. The van der Waals surface area contributed by atoms with Crippen molar-refractivity contribution in [3.63, 3.8) is 0 Å². The van der Waals surface area contributed by atoms with Gasteiger partial charge in [-0.3, -0.25) is 0 Å². The second-order valence-corrected chi connectivity index (χ2v) is 9.17. The quantitative estimate of drug-likeness (QED) is 0.548. The fourth-order valence-corrected chi connectivity index (χ4v) is 3.55. The third-order valence-corrected chi connectivity index (χ3v) is 5.09. The van der Waals surface area contributed by atoms with E-state index >= 15 is 0 Å². The number of oxazole rings is 1. The predicted octanol–water partition coefficient (Wildman–Crippen LogP) is 3.34. The van der Waals surface area contributed by atoms with E-state index in [2.05, 4.69) is 11.9 Å². The Bertz CT molecular complexity index is 264. The molecule has 0 aliphatic carbocycles. The third kappa shape index (κ3) is 5.35. The molecule has 3 nitrogen and oxygen atoms in total. The van der Waals surface area contributed by atoms with Crippen LogP contribution in [-0.2, 0) is 10.8 Å². The second-order valence-electron chi connectivity index (χ2n) is 3.78. The Morgan fingerprint density at radius 1 is 1.60 bits per heavy atom. The Kier molecular flexibility index (Phi) is 5.35. The van der Waals surface area contributed by atoms with Gasteiger partial charge in [-0.25, -0.2) is 4.98 Å². The summed E-state index contributed by atoms with van der Waals surface area (Å²) >= 11 is 6.33. The van der Waals surface area contributed by atoms with E-state index in [0.29, 0.717) is 0 Å². The summed E-state index contributed by atoms with van der Waals surface area (Å²) in [4.78, 5) is 4.06. The van der Waals surface area contributed by atoms with Gasteiger partial charge in [0.2, 0.25) is 0 Å². The van der Waals surface area contributed by atoms with E-state index in [1.54, 1.807) is 6.26 Å². The van der Waals surface area contributed by atoms with E-state index in [9.17, 15) is 0 Å². The molecule has 1 rings (SSSR count). The maximum atomic E-state index is 6.33. The first-order valence-electron chi connectivity index (χ1n) is 5.34. The lowest BCUT2D eigenvalue weighted by Crippen LogP contribution is -2.27. The van der Waals surface area contributed by atoms with Crippen molar-refractivity contribution in [1.29, 1.82) is 0 Å². The zero-order valence-electron chi connectivity index (χ0n) is 9.33. The highest BCUT2D eigenvalue weighted by Crippen LogP contribution is 2.20. The summed E-state index contributed by atoms with van der Waals surface area (Å²) in [5, 5.41) is 0. The molecule has 1 unspecified atom stereocenters. The summed E-state index contributed by atoms with van der Waals surface area (Å²) < 4.78 is 10.6. The molecule has 1 aromatic heterocycles. The van der Waals surface area contributed by atoms with Gasteiger partial charge in [-0.1, -0.05) is 6.92 Å². The molecule has 86 valence electrons. The van der Waals surface area contributed by atoms with Gasteiger partial charge < -0.3 is 8.84 Å². The van der Waals surface area contributed by atoms with Gasteiger partial charge in [0.05, 0.1) is 5.69 Å². The molecule has 0 amide bonds. The average molecular weight is 248 g/mol. The number of hydrogen-bond donors (Lipinski definition) is 0. The summed E-state index contributed by atoms with van der Waals surface area (Å²) in [6.45, 7) is 4.92. The molecule has 1 heterocycles. The maximum Gasteiger partial charge on any atom is 0.286 e. The number of halogens is 1. The zero-order chi connectivity index (χ0) is 11.1. The molecule has 0 bridgehead atoms. The molecular weight excluding hydrogens is 230 g/mol. The molecule has 0 aliphatic rings. The van der Waals surface area contributed by atoms with Crippen molar-refractivity contribution in [2.24, 2.45) is 0 Å². The smallest absolute Gasteiger partial charge is 0.286 e. The van der Waals surface area contributed by atoms with Crippen LogP contribution < -0.4 is 0 Å². The van der Waals surface area contributed by atoms with Gasteiger partial charge >= 0.3 is 0 Å². The highest BCUT2D eigenvalue weighted by molar-refractivity contribution is 7.16. The molecule has 0 aliphatic heterocycles. The van der Waals surface area contributed by atoms with Crippen molar-refractivity contribution in [2.75, 3.05) is 6.61 Å². The Morgan fingerprint density at radius 2 is 2.40 bits per heavy atom. The molecule has 1 aromatic rings. The van der Waals surface area contributed by atoms with E-state index in [1.807, 2.05) is 6.55 Å². The minimum Gasteiger partial charge on any atom is -0.451 e. The Labute approximate surface area is 96.6 Å². The van der Waals surface area contributed by atoms with Crippen molar-refractivity contribution in [2.45, 2.75) is 38.8 Å². The van der Waals surface area contributed by atoms with Gasteiger partial charge in [0.1, 0.15) is 6.26 Å². The topological polar surface area (TPSA) is 35.3 Å². The molecule has 0 fully saturated rings. The maximum absolute atomic E-state index is 6.33. The van der Waals surface area contributed by atoms with Crippen LogP contribution in [0.5, 0.6) is 0 Å². The molecule has 0 radical (unpaired) electrons. The lowest BCUT2D eigenvalue weighted by Gasteiger charge is -2.19. The van der Waals surface area contributed by atoms with E-state index in [0.717, 1.165) is 37.6 Å². The SMILES string of the molecule is CCCO[Si](C)(Cl)CCCc1cocn1. The van der Waals surface area contributed by atoms with Gasteiger partial charge in [0.25, 0.3) is 7.63 Å². The summed E-state index contributed by atoms with van der Waals surface area (Å²) in [6.07, 6.45) is 6.10. The Balaban J connectivity index is 2.18. The van der Waals surface area contributed by atoms with Crippen LogP contribution in [0.1, 0.15) is 25.5 Å². The summed E-state index contributed by atoms with van der Waals surface area (Å²) in [5.74, 6) is 0. The van der Waals surface area contributed by atoms with E-state index in [-0.39, 0.29) is 0 Å². The monoisotopic (exact) mass is 247 g/mol. The van der Waals surface area contributed by atoms with Crippen LogP contribution >= 0.6 is 11.1 Å². The first kappa shape index (κ1) is 12.7. The van der Waals surface area contributed by atoms with Crippen molar-refractivity contribution < 1.29 is 8.84 Å². The summed E-state index contributed by atoms with van der Waals surface area (Å²) in [6, 6.07) is 0.960. The minimum atomic E-state index is -1.94. The minimum absolute atomic E-state index is 0.774. The van der Waals surface area contributed by atoms with E-state index in [4.69, 9.17) is 19.9 Å². The molecule has 5 heteroatoms. The molecule has 0 spiro atoms. The Hall–Kier alpha value is -0.323. The molecule has 15 heavy (non-hydrogen) atoms. The normalized spacial score (nSPS) is 15.1. The van der Waals surface area contributed by atoms with Gasteiger partial charge in [-0.05, 0) is 31.9 Å². The highest BCUT2D eigenvalue weighted by atomic mass is 35.6. The fraction of sp³-hybridized carbons (Fsp3) is 0.700. The molecular formula is C10H18ClNO2Si. The summed E-state index contributed by atoms with van der Waals surface area (Å²) in [5.41, 5.74) is 0.993. The van der Waals surface area contributed by atoms with Crippen LogP contribution in [0.15, 0.2) is 17.1 Å². The second kappa shape index (κ2) is 6.30. The number of nitrogens with zero attached hydrogens (tertiary/aromatic N) is 1. The predicted molar refractivity (Wildman–Crippen MR) is 63.3 cm³/mol. The first-order valence-corrected chi connectivity index (χ1v) is 8.97. The number of aromatic nitrogens is 1. The molecule has 0 aromatic carbocycles. The number of aryl methyl sites for hydroxylation is 1. The van der Waals surface area contributed by atoms with Crippen LogP contribution in [0.4, 0.5) is 0 Å². The Morgan fingerprint density at radius 3 is 3.00 bits per heavy atom. The van der Waals surface area contributed by atoms with Crippen molar-refractivity contribution in [3.8, 4) is 0 Å². The first-order chi connectivity index (χ1) is 7.14. The van der Waals surface area contributed by atoms with Crippen LogP contribution in [0, 0.1) is 0 Å².